The van der Waals surface area contributed by atoms with Gasteiger partial charge in [-0.25, -0.2) is 36.8 Å². The summed E-state index contributed by atoms with van der Waals surface area (Å²) in [5.41, 5.74) is 4.25. The topological polar surface area (TPSA) is 163 Å². The number of alkyl halides is 5. The third-order valence-electron chi connectivity index (χ3n) is 8.82. The maximum atomic E-state index is 15.5. The number of alkyl carbamates (subject to hydrolysis) is 1. The van der Waals surface area contributed by atoms with Crippen molar-refractivity contribution in [2.75, 3.05) is 6.61 Å². The summed E-state index contributed by atoms with van der Waals surface area (Å²) in [7, 11) is -1.38. The van der Waals surface area contributed by atoms with E-state index in [0.717, 1.165) is 34.8 Å². The summed E-state index contributed by atoms with van der Waals surface area (Å²) in [6.45, 7) is -0.784. The van der Waals surface area contributed by atoms with Gasteiger partial charge in [-0.1, -0.05) is 29.8 Å². The van der Waals surface area contributed by atoms with Crippen molar-refractivity contribution in [2.24, 2.45) is 10.7 Å². The lowest BCUT2D eigenvalue weighted by atomic mass is 10.0. The Morgan fingerprint density at radius 3 is 2.56 bits per heavy atom. The van der Waals surface area contributed by atoms with Crippen molar-refractivity contribution in [3.63, 3.8) is 0 Å². The van der Waals surface area contributed by atoms with Crippen molar-refractivity contribution in [1.82, 2.24) is 34.2 Å². The van der Waals surface area contributed by atoms with Crippen LogP contribution in [-0.4, -0.2) is 74.6 Å². The summed E-state index contributed by atoms with van der Waals surface area (Å²) in [5, 5.41) is 9.64. The molecule has 21 heteroatoms. The third-order valence-corrected chi connectivity index (χ3v) is 10.8. The lowest BCUT2D eigenvalue weighted by Gasteiger charge is -2.29. The molecule has 2 aliphatic carbocycles. The van der Waals surface area contributed by atoms with Gasteiger partial charge in [0, 0.05) is 17.3 Å². The van der Waals surface area contributed by atoms with Crippen LogP contribution in [0.25, 0.3) is 16.8 Å². The molecule has 2 aromatic carbocycles. The standard InChI is InChI=1S/C31H26ClF6N9O4S/c32-20-6-2-15(10-22(20)47-26(25(34)35)40-14-42-47)23(13-51-29(49)44-30(7-8-30)31(36,37)38)46-27(48)24(43-28(46)39)16-1-5-19(21(33)9-16)17-11-41-45(12-17)52(50)18-3-4-18/h1-2,5-6,9-12,14,18,23-25H,3-4,7-8,13H2,(H2,39,43)(H,44,49). The molecule has 4 aromatic rings. The van der Waals surface area contributed by atoms with Gasteiger partial charge in [-0.15, -0.1) is 0 Å². The summed E-state index contributed by atoms with van der Waals surface area (Å²) in [5.74, 6) is -2.77. The molecule has 52 heavy (non-hydrogen) atoms. The maximum absolute atomic E-state index is 15.5. The molecule has 2 fully saturated rings. The lowest BCUT2D eigenvalue weighted by Crippen LogP contribution is -2.49. The van der Waals surface area contributed by atoms with E-state index in [4.69, 9.17) is 22.1 Å². The molecule has 0 saturated heterocycles. The summed E-state index contributed by atoms with van der Waals surface area (Å²) in [6, 6.07) is 4.95. The van der Waals surface area contributed by atoms with Gasteiger partial charge >= 0.3 is 12.3 Å². The second-order valence-electron chi connectivity index (χ2n) is 12.3. The molecule has 274 valence electrons. The highest BCUT2D eigenvalue weighted by Crippen LogP contribution is 2.49. The van der Waals surface area contributed by atoms with Gasteiger partial charge in [0.25, 0.3) is 12.3 Å². The monoisotopic (exact) mass is 769 g/mol. The average molecular weight is 770 g/mol. The molecular weight excluding hydrogens is 744 g/mol. The zero-order valence-electron chi connectivity index (χ0n) is 26.4. The zero-order chi connectivity index (χ0) is 37.1. The van der Waals surface area contributed by atoms with Gasteiger partial charge < -0.3 is 15.8 Å². The first-order valence-corrected chi connectivity index (χ1v) is 17.1. The number of nitrogens with one attached hydrogen (secondary N) is 1. The molecule has 0 radical (unpaired) electrons. The molecule has 2 amide bonds. The summed E-state index contributed by atoms with van der Waals surface area (Å²) >= 11 is 6.32. The number of aromatic nitrogens is 5. The number of carbonyl (C=O) groups is 2. The number of guanidine groups is 1. The van der Waals surface area contributed by atoms with Gasteiger partial charge in [-0.3, -0.25) is 9.69 Å². The van der Waals surface area contributed by atoms with Crippen LogP contribution in [-0.2, 0) is 20.5 Å². The van der Waals surface area contributed by atoms with Gasteiger partial charge in [0.2, 0.25) is 0 Å². The number of hydrogen-bond donors (Lipinski definition) is 2. The van der Waals surface area contributed by atoms with Gasteiger partial charge in [0.05, 0.1) is 28.2 Å². The van der Waals surface area contributed by atoms with Crippen molar-refractivity contribution in [3.05, 3.63) is 82.9 Å². The molecule has 1 aliphatic heterocycles. The van der Waals surface area contributed by atoms with E-state index in [1.54, 1.807) is 0 Å². The van der Waals surface area contributed by atoms with Crippen molar-refractivity contribution in [2.45, 2.75) is 61.2 Å². The largest absolute Gasteiger partial charge is 0.447 e. The minimum atomic E-state index is -4.74. The maximum Gasteiger partial charge on any atom is 0.411 e. The van der Waals surface area contributed by atoms with E-state index < -0.39 is 77.4 Å². The number of nitrogens with two attached hydrogens (primary N) is 1. The van der Waals surface area contributed by atoms with E-state index in [1.807, 2.05) is 5.32 Å². The molecule has 0 spiro atoms. The normalized spacial score (nSPS) is 19.5. The van der Waals surface area contributed by atoms with E-state index in [1.165, 1.54) is 46.8 Å². The fourth-order valence-corrected chi connectivity index (χ4v) is 7.12. The zero-order valence-corrected chi connectivity index (χ0v) is 28.0. The van der Waals surface area contributed by atoms with E-state index >= 15 is 4.39 Å². The van der Waals surface area contributed by atoms with E-state index in [2.05, 4.69) is 20.2 Å². The number of hydrogen-bond acceptors (Lipinski definition) is 9. The fraction of sp³-hybridized carbons (Fsp3) is 0.355. The van der Waals surface area contributed by atoms with E-state index in [9.17, 15) is 35.8 Å². The van der Waals surface area contributed by atoms with Gasteiger partial charge in [-0.05, 0) is 55.0 Å². The van der Waals surface area contributed by atoms with Crippen molar-refractivity contribution < 1.29 is 44.9 Å². The van der Waals surface area contributed by atoms with Crippen LogP contribution in [0, 0.1) is 5.82 Å². The first-order valence-electron chi connectivity index (χ1n) is 15.6. The molecule has 3 aliphatic rings. The van der Waals surface area contributed by atoms with Crippen LogP contribution in [0.1, 0.15) is 61.1 Å². The predicted octanol–water partition coefficient (Wildman–Crippen LogP) is 5.30. The van der Waals surface area contributed by atoms with Crippen LogP contribution in [0.5, 0.6) is 0 Å². The van der Waals surface area contributed by atoms with Crippen LogP contribution in [0.4, 0.5) is 31.1 Å². The second kappa shape index (κ2) is 13.2. The Labute approximate surface area is 297 Å². The molecule has 0 bridgehead atoms. The summed E-state index contributed by atoms with van der Waals surface area (Å²) in [4.78, 5) is 35.3. The Balaban J connectivity index is 1.18. The molecule has 2 aromatic heterocycles. The highest BCUT2D eigenvalue weighted by Gasteiger charge is 2.64. The number of rotatable bonds is 11. The van der Waals surface area contributed by atoms with Gasteiger partial charge in [-0.2, -0.15) is 27.5 Å². The second-order valence-corrected chi connectivity index (χ2v) is 14.3. The van der Waals surface area contributed by atoms with Crippen LogP contribution < -0.4 is 11.1 Å². The molecule has 3 unspecified atom stereocenters. The SMILES string of the molecule is NC1=NC(c2ccc(-c3cnn(S(=O)C4CC4)c3)c(F)c2)C(=O)N1C(COC(=O)NC1(C(F)(F)F)CC1)c1ccc(Cl)c(-n2ncnc2C(F)F)c1. The third kappa shape index (κ3) is 6.59. The van der Waals surface area contributed by atoms with Crippen LogP contribution >= 0.6 is 11.6 Å². The number of benzene rings is 2. The van der Waals surface area contributed by atoms with Gasteiger partial charge in [0.15, 0.2) is 17.8 Å². The molecular formula is C31H26ClF6N9O4S. The lowest BCUT2D eigenvalue weighted by molar-refractivity contribution is -0.164. The Kier molecular flexibility index (Phi) is 9.00. The fourth-order valence-electron chi connectivity index (χ4n) is 5.72. The average Bonchev–Trinajstić information content (AvgIpc) is 3.96. The number of nitrogens with zero attached hydrogens (tertiary/aromatic N) is 7. The number of amides is 2. The Bertz CT molecular complexity index is 2120. The van der Waals surface area contributed by atoms with Crippen LogP contribution in [0.3, 0.4) is 0 Å². The highest BCUT2D eigenvalue weighted by atomic mass is 35.5. The molecule has 3 N–H and O–H groups in total. The Morgan fingerprint density at radius 1 is 1.15 bits per heavy atom. The first-order chi connectivity index (χ1) is 24.7. The molecule has 13 nitrogen and oxygen atoms in total. The first kappa shape index (κ1) is 35.4. The molecule has 3 heterocycles. The molecule has 2 saturated carbocycles. The number of carbonyl (C=O) groups excluding carboxylic acids is 2. The Hall–Kier alpha value is -4.98. The number of ether oxygens (including phenoxy) is 1. The van der Waals surface area contributed by atoms with Crippen molar-refractivity contribution in [1.29, 1.82) is 0 Å². The summed E-state index contributed by atoms with van der Waals surface area (Å²) < 4.78 is 103. The smallest absolute Gasteiger partial charge is 0.411 e. The predicted molar refractivity (Wildman–Crippen MR) is 172 cm³/mol. The van der Waals surface area contributed by atoms with Crippen LogP contribution in [0.15, 0.2) is 60.1 Å². The highest BCUT2D eigenvalue weighted by molar-refractivity contribution is 7.84. The summed E-state index contributed by atoms with van der Waals surface area (Å²) in [6.07, 6.45) is -4.66. The van der Waals surface area contributed by atoms with Gasteiger partial charge in [0.1, 0.15) is 35.3 Å². The van der Waals surface area contributed by atoms with Crippen molar-refractivity contribution in [3.8, 4) is 16.8 Å². The Morgan fingerprint density at radius 2 is 1.90 bits per heavy atom. The number of aliphatic imine (C=N–C) groups is 1. The van der Waals surface area contributed by atoms with Crippen LogP contribution in [0.2, 0.25) is 5.02 Å². The van der Waals surface area contributed by atoms with Crippen molar-refractivity contribution >= 4 is 40.5 Å². The van der Waals surface area contributed by atoms with E-state index in [-0.39, 0.29) is 45.5 Å². The molecule has 3 atom stereocenters. The van der Waals surface area contributed by atoms with E-state index in [0.29, 0.717) is 5.56 Å². The minimum Gasteiger partial charge on any atom is -0.447 e. The quantitative estimate of drug-likeness (QED) is 0.195. The number of halogens is 7. The minimum absolute atomic E-state index is 0.00454. The molecule has 7 rings (SSSR count).